The van der Waals surface area contributed by atoms with Gasteiger partial charge in [-0.2, -0.15) is 0 Å². The normalized spacial score (nSPS) is 10.7. The van der Waals surface area contributed by atoms with Crippen LogP contribution in [0.1, 0.15) is 15.9 Å². The van der Waals surface area contributed by atoms with Crippen molar-refractivity contribution in [3.63, 3.8) is 0 Å². The molecule has 0 atom stereocenters. The SMILES string of the molecule is O=C(C=Cc1ccc(C(=O)O)cc1)NCCn1ccnc1. The Labute approximate surface area is 121 Å². The molecule has 0 aliphatic carbocycles. The lowest BCUT2D eigenvalue weighted by molar-refractivity contribution is -0.116. The summed E-state index contributed by atoms with van der Waals surface area (Å²) in [7, 11) is 0. The minimum Gasteiger partial charge on any atom is -0.478 e. The molecule has 21 heavy (non-hydrogen) atoms. The molecule has 0 saturated heterocycles. The third-order valence-electron chi connectivity index (χ3n) is 2.81. The predicted molar refractivity (Wildman–Crippen MR) is 77.7 cm³/mol. The standard InChI is InChI=1S/C15H15N3O3/c19-14(17-8-10-18-9-7-16-11-18)6-3-12-1-4-13(5-2-12)15(20)21/h1-7,9,11H,8,10H2,(H,17,19)(H,20,21). The lowest BCUT2D eigenvalue weighted by atomic mass is 10.1. The fraction of sp³-hybridized carbons (Fsp3) is 0.133. The largest absolute Gasteiger partial charge is 0.478 e. The Balaban J connectivity index is 1.80. The fourth-order valence-electron chi connectivity index (χ4n) is 1.69. The molecule has 0 fully saturated rings. The Morgan fingerprint density at radius 3 is 2.67 bits per heavy atom. The van der Waals surface area contributed by atoms with E-state index in [1.807, 2.05) is 10.8 Å². The summed E-state index contributed by atoms with van der Waals surface area (Å²) in [6, 6.07) is 6.30. The number of hydrogen-bond acceptors (Lipinski definition) is 3. The third-order valence-corrected chi connectivity index (χ3v) is 2.81. The molecule has 0 aliphatic rings. The molecule has 1 amide bonds. The average molecular weight is 285 g/mol. The van der Waals surface area contributed by atoms with Gasteiger partial charge >= 0.3 is 5.97 Å². The van der Waals surface area contributed by atoms with E-state index in [1.165, 1.54) is 18.2 Å². The Bertz CT molecular complexity index is 631. The zero-order valence-corrected chi connectivity index (χ0v) is 11.3. The first kappa shape index (κ1) is 14.5. The second kappa shape index (κ2) is 7.04. The van der Waals surface area contributed by atoms with Crippen LogP contribution in [-0.4, -0.2) is 33.1 Å². The smallest absolute Gasteiger partial charge is 0.335 e. The number of amides is 1. The number of carbonyl (C=O) groups is 2. The number of carbonyl (C=O) groups excluding carboxylic acids is 1. The van der Waals surface area contributed by atoms with Gasteiger partial charge in [0.1, 0.15) is 0 Å². The van der Waals surface area contributed by atoms with E-state index >= 15 is 0 Å². The van der Waals surface area contributed by atoms with Crippen molar-refractivity contribution in [2.45, 2.75) is 6.54 Å². The van der Waals surface area contributed by atoms with Crippen LogP contribution in [0.15, 0.2) is 49.1 Å². The van der Waals surface area contributed by atoms with Gasteiger partial charge in [-0.3, -0.25) is 4.79 Å². The van der Waals surface area contributed by atoms with Gasteiger partial charge in [0.2, 0.25) is 5.91 Å². The summed E-state index contributed by atoms with van der Waals surface area (Å²) in [5, 5.41) is 11.5. The molecule has 1 aromatic carbocycles. The van der Waals surface area contributed by atoms with Crippen molar-refractivity contribution in [1.82, 2.24) is 14.9 Å². The van der Waals surface area contributed by atoms with Gasteiger partial charge in [0.15, 0.2) is 0 Å². The molecule has 1 heterocycles. The molecule has 6 nitrogen and oxygen atoms in total. The maximum atomic E-state index is 11.6. The Kier molecular flexibility index (Phi) is 4.87. The average Bonchev–Trinajstić information content (AvgIpc) is 2.99. The van der Waals surface area contributed by atoms with Crippen LogP contribution in [0.4, 0.5) is 0 Å². The number of benzene rings is 1. The Morgan fingerprint density at radius 1 is 1.29 bits per heavy atom. The maximum Gasteiger partial charge on any atom is 0.335 e. The van der Waals surface area contributed by atoms with Crippen LogP contribution in [0.2, 0.25) is 0 Å². The van der Waals surface area contributed by atoms with Crippen LogP contribution in [0.3, 0.4) is 0 Å². The lowest BCUT2D eigenvalue weighted by Crippen LogP contribution is -2.25. The van der Waals surface area contributed by atoms with E-state index in [4.69, 9.17) is 5.11 Å². The fourth-order valence-corrected chi connectivity index (χ4v) is 1.69. The van der Waals surface area contributed by atoms with Gasteiger partial charge in [0, 0.05) is 31.6 Å². The number of aromatic nitrogens is 2. The van der Waals surface area contributed by atoms with Crippen molar-refractivity contribution < 1.29 is 14.7 Å². The van der Waals surface area contributed by atoms with Gasteiger partial charge in [0.25, 0.3) is 0 Å². The summed E-state index contributed by atoms with van der Waals surface area (Å²) in [5.41, 5.74) is 0.988. The molecular weight excluding hydrogens is 270 g/mol. The molecule has 2 aromatic rings. The molecule has 0 aliphatic heterocycles. The molecule has 2 rings (SSSR count). The monoisotopic (exact) mass is 285 g/mol. The highest BCUT2D eigenvalue weighted by Crippen LogP contribution is 2.06. The zero-order chi connectivity index (χ0) is 15.1. The van der Waals surface area contributed by atoms with E-state index < -0.39 is 5.97 Å². The highest BCUT2D eigenvalue weighted by molar-refractivity contribution is 5.92. The third kappa shape index (κ3) is 4.61. The molecular formula is C15H15N3O3. The number of nitrogens with one attached hydrogen (secondary N) is 1. The second-order valence-corrected chi connectivity index (χ2v) is 4.35. The number of nitrogens with zero attached hydrogens (tertiary/aromatic N) is 2. The van der Waals surface area contributed by atoms with Gasteiger partial charge < -0.3 is 15.0 Å². The van der Waals surface area contributed by atoms with Crippen molar-refractivity contribution in [3.8, 4) is 0 Å². The van der Waals surface area contributed by atoms with Crippen LogP contribution in [0.25, 0.3) is 6.08 Å². The summed E-state index contributed by atoms with van der Waals surface area (Å²) in [6.45, 7) is 1.17. The van der Waals surface area contributed by atoms with Crippen LogP contribution >= 0.6 is 0 Å². The summed E-state index contributed by atoms with van der Waals surface area (Å²) in [6.07, 6.45) is 8.25. The molecule has 2 N–H and O–H groups in total. The summed E-state index contributed by atoms with van der Waals surface area (Å²) in [4.78, 5) is 26.2. The van der Waals surface area contributed by atoms with Crippen molar-refractivity contribution in [1.29, 1.82) is 0 Å². The van der Waals surface area contributed by atoms with Gasteiger partial charge in [-0.05, 0) is 23.8 Å². The van der Waals surface area contributed by atoms with E-state index in [1.54, 1.807) is 30.7 Å². The van der Waals surface area contributed by atoms with Crippen molar-refractivity contribution in [3.05, 3.63) is 60.2 Å². The van der Waals surface area contributed by atoms with Crippen molar-refractivity contribution in [2.75, 3.05) is 6.54 Å². The number of imidazole rings is 1. The van der Waals surface area contributed by atoms with E-state index in [-0.39, 0.29) is 11.5 Å². The summed E-state index contributed by atoms with van der Waals surface area (Å²) < 4.78 is 1.87. The van der Waals surface area contributed by atoms with Crippen LogP contribution < -0.4 is 5.32 Å². The molecule has 0 bridgehead atoms. The lowest BCUT2D eigenvalue weighted by Gasteiger charge is -2.02. The molecule has 0 spiro atoms. The van der Waals surface area contributed by atoms with Crippen LogP contribution in [-0.2, 0) is 11.3 Å². The van der Waals surface area contributed by atoms with Crippen LogP contribution in [0, 0.1) is 0 Å². The molecule has 1 aromatic heterocycles. The van der Waals surface area contributed by atoms with E-state index in [2.05, 4.69) is 10.3 Å². The van der Waals surface area contributed by atoms with Gasteiger partial charge in [0.05, 0.1) is 11.9 Å². The maximum absolute atomic E-state index is 11.6. The second-order valence-electron chi connectivity index (χ2n) is 4.35. The summed E-state index contributed by atoms with van der Waals surface area (Å²) in [5.74, 6) is -1.17. The number of aromatic carboxylic acids is 1. The molecule has 108 valence electrons. The topological polar surface area (TPSA) is 84.2 Å². The molecule has 0 radical (unpaired) electrons. The molecule has 6 heteroatoms. The number of carboxylic acids is 1. The first-order valence-electron chi connectivity index (χ1n) is 6.40. The molecule has 0 saturated carbocycles. The molecule has 0 unspecified atom stereocenters. The summed E-state index contributed by atoms with van der Waals surface area (Å²) >= 11 is 0. The Morgan fingerprint density at radius 2 is 2.05 bits per heavy atom. The number of hydrogen-bond donors (Lipinski definition) is 2. The predicted octanol–water partition coefficient (Wildman–Crippen LogP) is 1.41. The van der Waals surface area contributed by atoms with Gasteiger partial charge in [-0.15, -0.1) is 0 Å². The van der Waals surface area contributed by atoms with E-state index in [0.29, 0.717) is 13.1 Å². The van der Waals surface area contributed by atoms with Crippen LogP contribution in [0.5, 0.6) is 0 Å². The van der Waals surface area contributed by atoms with Gasteiger partial charge in [-0.25, -0.2) is 9.78 Å². The first-order chi connectivity index (χ1) is 10.1. The zero-order valence-electron chi connectivity index (χ0n) is 11.3. The van der Waals surface area contributed by atoms with Gasteiger partial charge in [-0.1, -0.05) is 12.1 Å². The number of carboxylic acid groups (broad SMARTS) is 1. The Hall–Kier alpha value is -2.89. The highest BCUT2D eigenvalue weighted by atomic mass is 16.4. The van der Waals surface area contributed by atoms with E-state index in [0.717, 1.165) is 5.56 Å². The van der Waals surface area contributed by atoms with Crippen molar-refractivity contribution >= 4 is 18.0 Å². The van der Waals surface area contributed by atoms with E-state index in [9.17, 15) is 9.59 Å². The minimum absolute atomic E-state index is 0.197. The quantitative estimate of drug-likeness (QED) is 0.786. The minimum atomic E-state index is -0.970. The highest BCUT2D eigenvalue weighted by Gasteiger charge is 2.00. The van der Waals surface area contributed by atoms with Crippen molar-refractivity contribution in [2.24, 2.45) is 0 Å². The number of rotatable bonds is 6. The first-order valence-corrected chi connectivity index (χ1v) is 6.40.